The van der Waals surface area contributed by atoms with Gasteiger partial charge in [0.05, 0.1) is 0 Å². The topological polar surface area (TPSA) is 0 Å². The molecule has 168 valence electrons. The van der Waals surface area contributed by atoms with E-state index in [1.807, 2.05) is 11.3 Å². The summed E-state index contributed by atoms with van der Waals surface area (Å²) in [7, 11) is 0. The van der Waals surface area contributed by atoms with Crippen LogP contribution in [0.5, 0.6) is 0 Å². The molecule has 0 radical (unpaired) electrons. The Morgan fingerprint density at radius 3 is 2.20 bits per heavy atom. The Kier molecular flexibility index (Phi) is 4.69. The fourth-order valence-electron chi connectivity index (χ4n) is 6.01. The Bertz CT molecular complexity index is 1810. The number of hydrogen-bond acceptors (Lipinski definition) is 1. The first-order valence-corrected chi connectivity index (χ1v) is 13.2. The molecule has 5 aromatic carbocycles. The van der Waals surface area contributed by atoms with Crippen LogP contribution in [0.25, 0.3) is 59.3 Å². The zero-order valence-electron chi connectivity index (χ0n) is 20.1. The van der Waals surface area contributed by atoms with Gasteiger partial charge in [0.15, 0.2) is 0 Å². The van der Waals surface area contributed by atoms with Crippen LogP contribution in [0.3, 0.4) is 0 Å². The van der Waals surface area contributed by atoms with Crippen LogP contribution in [-0.2, 0) is 6.42 Å². The molecule has 0 saturated heterocycles. The van der Waals surface area contributed by atoms with Crippen molar-refractivity contribution >= 4 is 48.4 Å². The minimum Gasteiger partial charge on any atom is -0.135 e. The Hall–Kier alpha value is -3.68. The maximum atomic E-state index is 2.41. The van der Waals surface area contributed by atoms with Crippen LogP contribution in [0.2, 0.25) is 0 Å². The molecule has 1 aliphatic rings. The molecule has 1 heterocycles. The van der Waals surface area contributed by atoms with Crippen molar-refractivity contribution in [2.75, 3.05) is 0 Å². The van der Waals surface area contributed by atoms with Gasteiger partial charge in [-0.05, 0) is 100 Å². The van der Waals surface area contributed by atoms with Crippen molar-refractivity contribution in [3.63, 3.8) is 0 Å². The lowest BCUT2D eigenvalue weighted by Crippen LogP contribution is -2.01. The average molecular weight is 467 g/mol. The number of hydrogen-bond donors (Lipinski definition) is 0. The van der Waals surface area contributed by atoms with E-state index in [1.54, 1.807) is 0 Å². The molecule has 6 aromatic rings. The second kappa shape index (κ2) is 7.93. The Morgan fingerprint density at radius 1 is 0.629 bits per heavy atom. The molecule has 1 heteroatoms. The molecule has 0 amide bonds. The third kappa shape index (κ3) is 3.12. The summed E-state index contributed by atoms with van der Waals surface area (Å²) in [6, 6.07) is 31.6. The molecule has 0 fully saturated rings. The van der Waals surface area contributed by atoms with Gasteiger partial charge < -0.3 is 0 Å². The molecule has 0 spiro atoms. The van der Waals surface area contributed by atoms with E-state index < -0.39 is 0 Å². The molecule has 0 aliphatic heterocycles. The third-order valence-electron chi connectivity index (χ3n) is 7.78. The largest absolute Gasteiger partial charge is 0.135 e. The smallest absolute Gasteiger partial charge is 0.0355 e. The highest BCUT2D eigenvalue weighted by Crippen LogP contribution is 2.45. The molecule has 0 nitrogen and oxygen atoms in total. The summed E-state index contributed by atoms with van der Waals surface area (Å²) in [6.45, 7) is 4.63. The van der Waals surface area contributed by atoms with E-state index >= 15 is 0 Å². The van der Waals surface area contributed by atoms with Crippen LogP contribution in [0.15, 0.2) is 91.0 Å². The first-order valence-electron chi connectivity index (χ1n) is 12.4. The molecule has 7 rings (SSSR count). The summed E-state index contributed by atoms with van der Waals surface area (Å²) in [5.41, 5.74) is 11.1. The van der Waals surface area contributed by atoms with Gasteiger partial charge in [0, 0.05) is 20.2 Å². The van der Waals surface area contributed by atoms with Crippen molar-refractivity contribution in [1.29, 1.82) is 0 Å². The fourth-order valence-corrected chi connectivity index (χ4v) is 7.10. The number of rotatable bonds is 2. The van der Waals surface area contributed by atoms with Gasteiger partial charge in [-0.15, -0.1) is 11.3 Å². The minimum absolute atomic E-state index is 1.11. The molecule has 1 aromatic heterocycles. The monoisotopic (exact) mass is 466 g/mol. The maximum Gasteiger partial charge on any atom is 0.0355 e. The predicted octanol–water partition coefficient (Wildman–Crippen LogP) is 10.1. The van der Waals surface area contributed by atoms with Crippen molar-refractivity contribution < 1.29 is 0 Å². The number of fused-ring (bicyclic) bond motifs is 5. The molecule has 0 unspecified atom stereocenters. The van der Waals surface area contributed by atoms with Crippen LogP contribution in [0.4, 0.5) is 0 Å². The van der Waals surface area contributed by atoms with Gasteiger partial charge >= 0.3 is 0 Å². The van der Waals surface area contributed by atoms with Gasteiger partial charge in [0.2, 0.25) is 0 Å². The van der Waals surface area contributed by atoms with E-state index in [2.05, 4.69) is 111 Å². The van der Waals surface area contributed by atoms with Crippen LogP contribution in [0.1, 0.15) is 28.7 Å². The number of allylic oxidation sites excluding steroid dienone is 1. The number of benzene rings is 5. The molecular weight excluding hydrogens is 440 g/mol. The highest BCUT2D eigenvalue weighted by atomic mass is 32.1. The molecule has 0 bridgehead atoms. The quantitative estimate of drug-likeness (QED) is 0.238. The van der Waals surface area contributed by atoms with Gasteiger partial charge in [0.1, 0.15) is 0 Å². The van der Waals surface area contributed by atoms with Crippen molar-refractivity contribution in [1.82, 2.24) is 0 Å². The van der Waals surface area contributed by atoms with Gasteiger partial charge in [-0.2, -0.15) is 0 Å². The van der Waals surface area contributed by atoms with E-state index in [0.717, 1.165) is 12.8 Å². The molecule has 35 heavy (non-hydrogen) atoms. The average Bonchev–Trinajstić information content (AvgIpc) is 3.27. The molecule has 0 N–H and O–H groups in total. The highest BCUT2D eigenvalue weighted by molar-refractivity contribution is 7.25. The second-order valence-corrected chi connectivity index (χ2v) is 10.8. The Balaban J connectivity index is 1.54. The summed E-state index contributed by atoms with van der Waals surface area (Å²) in [5, 5.41) is 5.41. The molecule has 0 saturated carbocycles. The predicted molar refractivity (Wildman–Crippen MR) is 155 cm³/mol. The fraction of sp³-hybridized carbons (Fsp3) is 0.118. The van der Waals surface area contributed by atoms with E-state index in [1.165, 1.54) is 75.5 Å². The molecule has 0 atom stereocenters. The first kappa shape index (κ1) is 20.7. The normalized spacial score (nSPS) is 13.1. The van der Waals surface area contributed by atoms with Gasteiger partial charge in [-0.3, -0.25) is 0 Å². The van der Waals surface area contributed by atoms with Gasteiger partial charge in [-0.25, -0.2) is 0 Å². The van der Waals surface area contributed by atoms with Crippen molar-refractivity contribution in [2.24, 2.45) is 0 Å². The Morgan fingerprint density at radius 2 is 1.34 bits per heavy atom. The summed E-state index contributed by atoms with van der Waals surface area (Å²) < 4.78 is 2.71. The Labute approximate surface area is 210 Å². The van der Waals surface area contributed by atoms with Crippen LogP contribution >= 0.6 is 11.3 Å². The van der Waals surface area contributed by atoms with Crippen LogP contribution < -0.4 is 0 Å². The maximum absolute atomic E-state index is 2.41. The van der Waals surface area contributed by atoms with E-state index in [-0.39, 0.29) is 0 Å². The van der Waals surface area contributed by atoms with Crippen molar-refractivity contribution in [3.8, 4) is 22.3 Å². The summed E-state index contributed by atoms with van der Waals surface area (Å²) in [4.78, 5) is 0. The van der Waals surface area contributed by atoms with Crippen LogP contribution in [0, 0.1) is 13.8 Å². The second-order valence-electron chi connectivity index (χ2n) is 9.67. The summed E-state index contributed by atoms with van der Waals surface area (Å²) in [5.74, 6) is 0. The van der Waals surface area contributed by atoms with Gasteiger partial charge in [0.25, 0.3) is 0 Å². The molecular formula is C34H26S. The third-order valence-corrected chi connectivity index (χ3v) is 8.94. The minimum atomic E-state index is 1.11. The van der Waals surface area contributed by atoms with Gasteiger partial charge in [-0.1, -0.05) is 78.9 Å². The zero-order valence-corrected chi connectivity index (χ0v) is 20.9. The summed E-state index contributed by atoms with van der Waals surface area (Å²) >= 11 is 1.88. The first-order chi connectivity index (χ1) is 17.2. The SMILES string of the molecule is Cc1c(C)c(-c2cccc3c2CCC=C3)c2ccccc2c1-c1ccc2sc3ccccc3c2c1. The lowest BCUT2D eigenvalue weighted by atomic mass is 9.81. The van der Waals surface area contributed by atoms with Crippen molar-refractivity contribution in [2.45, 2.75) is 26.7 Å². The zero-order chi connectivity index (χ0) is 23.5. The highest BCUT2D eigenvalue weighted by Gasteiger charge is 2.20. The lowest BCUT2D eigenvalue weighted by molar-refractivity contribution is 0.988. The summed E-state index contributed by atoms with van der Waals surface area (Å²) in [6.07, 6.45) is 6.82. The van der Waals surface area contributed by atoms with E-state index in [0.29, 0.717) is 0 Å². The van der Waals surface area contributed by atoms with Crippen molar-refractivity contribution in [3.05, 3.63) is 113 Å². The van der Waals surface area contributed by atoms with E-state index in [9.17, 15) is 0 Å². The van der Waals surface area contributed by atoms with Crippen LogP contribution in [-0.4, -0.2) is 0 Å². The number of thiophene rings is 1. The van der Waals surface area contributed by atoms with E-state index in [4.69, 9.17) is 0 Å². The standard InChI is InChI=1S/C34H26S/c1-21-22(2)34(27-16-9-11-23-10-3-4-12-25(23)27)29-15-6-5-14-28(29)33(21)24-18-19-32-30(20-24)26-13-7-8-17-31(26)35-32/h3,5-11,13-20H,4,12H2,1-2H3. The molecule has 1 aliphatic carbocycles. The lowest BCUT2D eigenvalue weighted by Gasteiger charge is -2.23.